The minimum absolute atomic E-state index is 0.867. The number of nitrogens with one attached hydrogen (secondary N) is 2. The third kappa shape index (κ3) is 5.71. The molecule has 0 aromatic heterocycles. The number of hydrogen-bond acceptors (Lipinski definition) is 3. The summed E-state index contributed by atoms with van der Waals surface area (Å²) in [6, 6.07) is 0. The van der Waals surface area contributed by atoms with Crippen molar-refractivity contribution in [3.05, 3.63) is 0 Å². The molecule has 0 bridgehead atoms. The Hall–Kier alpha value is 0.0969. The van der Waals surface area contributed by atoms with Crippen LogP contribution >= 0.6 is 0 Å². The van der Waals surface area contributed by atoms with Gasteiger partial charge in [-0.3, -0.25) is 0 Å². The average Bonchev–Trinajstić information content (AvgIpc) is 2.10. The molecular weight excluding hydrogens is 166 g/mol. The molecule has 0 aliphatic carbocycles. The maximum absolute atomic E-state index is 3.35. The summed E-state index contributed by atoms with van der Waals surface area (Å²) in [5.41, 5.74) is 0. The molecule has 0 saturated carbocycles. The highest BCUT2D eigenvalue weighted by Crippen LogP contribution is 1.90. The van der Waals surface area contributed by atoms with Gasteiger partial charge in [0.25, 0.3) is 0 Å². The lowest BCUT2D eigenvalue weighted by molar-refractivity contribution is 0.372. The topological polar surface area (TPSA) is 27.3 Å². The number of unbranched alkanes of at least 4 members (excludes halogenated alkanes) is 1. The Morgan fingerprint density at radius 3 is 2.25 bits per heavy atom. The van der Waals surface area contributed by atoms with Crippen molar-refractivity contribution in [2.45, 2.75) is 19.8 Å². The number of rotatable bonds is 7. The van der Waals surface area contributed by atoms with Crippen LogP contribution in [0.25, 0.3) is 0 Å². The molecular formula is C8H23N3Si. The maximum atomic E-state index is 3.35. The molecule has 74 valence electrons. The van der Waals surface area contributed by atoms with E-state index in [1.54, 1.807) is 0 Å². The predicted octanol–water partition coefficient (Wildman–Crippen LogP) is -0.0832. The largest absolute Gasteiger partial charge is 0.330 e. The molecule has 0 spiro atoms. The Balaban J connectivity index is 3.44. The van der Waals surface area contributed by atoms with Crippen LogP contribution in [0.2, 0.25) is 0 Å². The SMILES string of the molecule is CCCCN(C)C[SiH](NC)NC. The van der Waals surface area contributed by atoms with E-state index in [1.165, 1.54) is 25.6 Å². The monoisotopic (exact) mass is 189 g/mol. The minimum atomic E-state index is -0.867. The second-order valence-electron chi connectivity index (χ2n) is 3.25. The molecule has 0 saturated heterocycles. The Morgan fingerprint density at radius 2 is 1.83 bits per heavy atom. The van der Waals surface area contributed by atoms with Crippen molar-refractivity contribution < 1.29 is 0 Å². The Kier molecular flexibility index (Phi) is 7.79. The Bertz CT molecular complexity index is 96.3. The van der Waals surface area contributed by atoms with Crippen molar-refractivity contribution in [2.75, 3.05) is 33.9 Å². The molecule has 4 heteroatoms. The van der Waals surface area contributed by atoms with Gasteiger partial charge in [-0.1, -0.05) is 13.3 Å². The van der Waals surface area contributed by atoms with E-state index in [-0.39, 0.29) is 0 Å². The molecule has 0 radical (unpaired) electrons. The fourth-order valence-corrected chi connectivity index (χ4v) is 2.62. The van der Waals surface area contributed by atoms with Gasteiger partial charge in [0.05, 0.1) is 0 Å². The molecule has 0 aliphatic heterocycles. The third-order valence-corrected chi connectivity index (χ3v) is 4.47. The smallest absolute Gasteiger partial charge is 0.198 e. The lowest BCUT2D eigenvalue weighted by Crippen LogP contribution is -2.51. The van der Waals surface area contributed by atoms with E-state index in [0.29, 0.717) is 0 Å². The van der Waals surface area contributed by atoms with E-state index in [9.17, 15) is 0 Å². The minimum Gasteiger partial charge on any atom is -0.330 e. The first-order chi connectivity index (χ1) is 5.74. The van der Waals surface area contributed by atoms with Crippen molar-refractivity contribution in [3.8, 4) is 0 Å². The molecule has 0 heterocycles. The molecule has 0 aliphatic rings. The van der Waals surface area contributed by atoms with Crippen LogP contribution in [-0.4, -0.2) is 47.9 Å². The quantitative estimate of drug-likeness (QED) is 0.549. The van der Waals surface area contributed by atoms with Crippen LogP contribution in [-0.2, 0) is 0 Å². The highest BCUT2D eigenvalue weighted by atomic mass is 28.3. The zero-order valence-electron chi connectivity index (χ0n) is 8.85. The summed E-state index contributed by atoms with van der Waals surface area (Å²) < 4.78 is 0. The van der Waals surface area contributed by atoms with Crippen LogP contribution in [0.3, 0.4) is 0 Å². The van der Waals surface area contributed by atoms with Crippen LogP contribution in [0.1, 0.15) is 19.8 Å². The van der Waals surface area contributed by atoms with Gasteiger partial charge < -0.3 is 14.9 Å². The molecule has 0 fully saturated rings. The lowest BCUT2D eigenvalue weighted by Gasteiger charge is -2.21. The summed E-state index contributed by atoms with van der Waals surface area (Å²) in [5, 5.41) is 0. The van der Waals surface area contributed by atoms with Gasteiger partial charge in [0.15, 0.2) is 9.12 Å². The molecule has 0 aromatic rings. The highest BCUT2D eigenvalue weighted by molar-refractivity contribution is 6.53. The van der Waals surface area contributed by atoms with E-state index in [4.69, 9.17) is 0 Å². The normalized spacial score (nSPS) is 11.5. The van der Waals surface area contributed by atoms with Gasteiger partial charge in [-0.15, -0.1) is 0 Å². The number of nitrogens with zero attached hydrogens (tertiary/aromatic N) is 1. The second-order valence-corrected chi connectivity index (χ2v) is 5.87. The van der Waals surface area contributed by atoms with Crippen LogP contribution < -0.4 is 9.96 Å². The first kappa shape index (κ1) is 12.1. The molecule has 0 unspecified atom stereocenters. The van der Waals surface area contributed by atoms with Gasteiger partial charge in [0.2, 0.25) is 0 Å². The summed E-state index contributed by atoms with van der Waals surface area (Å²) >= 11 is 0. The summed E-state index contributed by atoms with van der Waals surface area (Å²) in [5.74, 6) is 0. The van der Waals surface area contributed by atoms with E-state index in [2.05, 4.69) is 28.8 Å². The van der Waals surface area contributed by atoms with E-state index in [0.717, 1.165) is 0 Å². The van der Waals surface area contributed by atoms with E-state index in [1.807, 2.05) is 14.1 Å². The third-order valence-electron chi connectivity index (χ3n) is 2.08. The maximum Gasteiger partial charge on any atom is 0.198 e. The molecule has 3 nitrogen and oxygen atoms in total. The zero-order chi connectivity index (χ0) is 9.40. The van der Waals surface area contributed by atoms with Crippen LogP contribution in [0.5, 0.6) is 0 Å². The fraction of sp³-hybridized carbons (Fsp3) is 1.00. The second kappa shape index (κ2) is 7.73. The van der Waals surface area contributed by atoms with E-state index >= 15 is 0 Å². The van der Waals surface area contributed by atoms with E-state index < -0.39 is 9.12 Å². The summed E-state index contributed by atoms with van der Waals surface area (Å²) in [7, 11) is 5.42. The fourth-order valence-electron chi connectivity index (χ4n) is 1.16. The zero-order valence-corrected chi connectivity index (χ0v) is 10.0. The molecule has 2 N–H and O–H groups in total. The first-order valence-corrected chi connectivity index (χ1v) is 6.74. The van der Waals surface area contributed by atoms with Gasteiger partial charge in [0.1, 0.15) is 0 Å². The van der Waals surface area contributed by atoms with Crippen molar-refractivity contribution in [1.82, 2.24) is 14.9 Å². The van der Waals surface area contributed by atoms with Crippen molar-refractivity contribution in [2.24, 2.45) is 0 Å². The highest BCUT2D eigenvalue weighted by Gasteiger charge is 2.07. The number of hydrogen-bond donors (Lipinski definition) is 2. The summed E-state index contributed by atoms with van der Waals surface area (Å²) in [6.07, 6.45) is 3.80. The predicted molar refractivity (Wildman–Crippen MR) is 57.7 cm³/mol. The van der Waals surface area contributed by atoms with Crippen LogP contribution in [0.15, 0.2) is 0 Å². The summed E-state index contributed by atoms with van der Waals surface area (Å²) in [6.45, 7) is 3.46. The standard InChI is InChI=1S/C8H23N3Si/c1-5-6-7-11(4)8-12(9-2)10-3/h9-10,12H,5-8H2,1-4H3. The van der Waals surface area contributed by atoms with Crippen LogP contribution in [0.4, 0.5) is 0 Å². The van der Waals surface area contributed by atoms with Gasteiger partial charge in [-0.25, -0.2) is 0 Å². The Labute approximate surface area is 78.3 Å². The Morgan fingerprint density at radius 1 is 1.25 bits per heavy atom. The molecule has 0 atom stereocenters. The molecule has 12 heavy (non-hydrogen) atoms. The van der Waals surface area contributed by atoms with Gasteiger partial charge in [-0.2, -0.15) is 0 Å². The van der Waals surface area contributed by atoms with Gasteiger partial charge in [-0.05, 0) is 34.1 Å². The van der Waals surface area contributed by atoms with Crippen LogP contribution in [0, 0.1) is 0 Å². The van der Waals surface area contributed by atoms with Crippen molar-refractivity contribution in [1.29, 1.82) is 0 Å². The van der Waals surface area contributed by atoms with Crippen molar-refractivity contribution >= 4 is 9.12 Å². The lowest BCUT2D eigenvalue weighted by atomic mass is 10.3. The molecule has 0 rings (SSSR count). The van der Waals surface area contributed by atoms with Crippen molar-refractivity contribution in [3.63, 3.8) is 0 Å². The average molecular weight is 189 g/mol. The first-order valence-electron chi connectivity index (χ1n) is 4.77. The molecule has 0 amide bonds. The van der Waals surface area contributed by atoms with Gasteiger partial charge >= 0.3 is 0 Å². The van der Waals surface area contributed by atoms with Gasteiger partial charge in [0, 0.05) is 6.17 Å². The molecule has 0 aromatic carbocycles. The summed E-state index contributed by atoms with van der Waals surface area (Å²) in [4.78, 5) is 9.10.